The van der Waals surface area contributed by atoms with Crippen LogP contribution in [0.2, 0.25) is 0 Å². The van der Waals surface area contributed by atoms with Gasteiger partial charge < -0.3 is 24.4 Å². The van der Waals surface area contributed by atoms with E-state index in [4.69, 9.17) is 14.2 Å². The van der Waals surface area contributed by atoms with Gasteiger partial charge in [-0.05, 0) is 41.8 Å². The van der Waals surface area contributed by atoms with Crippen molar-refractivity contribution in [3.63, 3.8) is 0 Å². The molecule has 5 rings (SSSR count). The molecule has 0 atom stereocenters. The van der Waals surface area contributed by atoms with Gasteiger partial charge in [0.1, 0.15) is 5.75 Å². The Hall–Kier alpha value is -2.77. The van der Waals surface area contributed by atoms with Crippen LogP contribution in [0.4, 0.5) is 0 Å². The molecule has 1 N–H and O–H groups in total. The number of fused-ring (bicyclic) bond motifs is 1. The van der Waals surface area contributed by atoms with E-state index in [2.05, 4.69) is 33.3 Å². The Morgan fingerprint density at radius 3 is 2.58 bits per heavy atom. The third-order valence-electron chi connectivity index (χ3n) is 6.56. The lowest BCUT2D eigenvalue weighted by Crippen LogP contribution is -2.65. The smallest absolute Gasteiger partial charge is 0.231 e. The van der Waals surface area contributed by atoms with Crippen LogP contribution in [-0.2, 0) is 17.8 Å². The zero-order valence-electron chi connectivity index (χ0n) is 17.9. The van der Waals surface area contributed by atoms with E-state index < -0.39 is 0 Å². The largest absolute Gasteiger partial charge is 0.497 e. The summed E-state index contributed by atoms with van der Waals surface area (Å²) < 4.78 is 16.2. The molecule has 1 amide bonds. The molecule has 0 aliphatic carbocycles. The lowest BCUT2D eigenvalue weighted by atomic mass is 9.75. The standard InChI is InChI=1S/C24H29N3O4/c1-29-20-4-2-3-18(11-20)13-24(15-25-16-24)23(28)27-9-7-26(8-10-27)14-19-5-6-21-22(12-19)31-17-30-21/h2-6,11-12,25H,7-10,13-17H2,1H3. The number of carbonyl (C=O) groups excluding carboxylic acids is 1. The van der Waals surface area contributed by atoms with E-state index in [0.29, 0.717) is 6.79 Å². The van der Waals surface area contributed by atoms with E-state index in [1.54, 1.807) is 7.11 Å². The molecule has 3 aliphatic rings. The zero-order valence-corrected chi connectivity index (χ0v) is 17.9. The van der Waals surface area contributed by atoms with Gasteiger partial charge in [-0.2, -0.15) is 0 Å². The fraction of sp³-hybridized carbons (Fsp3) is 0.458. The van der Waals surface area contributed by atoms with Gasteiger partial charge >= 0.3 is 0 Å². The molecule has 164 valence electrons. The topological polar surface area (TPSA) is 63.3 Å². The molecule has 3 heterocycles. The summed E-state index contributed by atoms with van der Waals surface area (Å²) in [7, 11) is 1.67. The van der Waals surface area contributed by atoms with E-state index in [1.807, 2.05) is 24.3 Å². The molecule has 2 aromatic carbocycles. The SMILES string of the molecule is COc1cccc(CC2(C(=O)N3CCN(Cc4ccc5c(c4)OCO5)CC3)CNC2)c1. The third-order valence-corrected chi connectivity index (χ3v) is 6.56. The number of nitrogens with one attached hydrogen (secondary N) is 1. The van der Waals surface area contributed by atoms with E-state index in [1.165, 1.54) is 5.56 Å². The number of benzene rings is 2. The molecule has 3 aliphatic heterocycles. The van der Waals surface area contributed by atoms with Gasteiger partial charge in [-0.25, -0.2) is 0 Å². The normalized spacial score (nSPS) is 19.7. The van der Waals surface area contributed by atoms with Crippen molar-refractivity contribution in [3.8, 4) is 17.2 Å². The van der Waals surface area contributed by atoms with Crippen LogP contribution in [0.15, 0.2) is 42.5 Å². The number of rotatable bonds is 6. The van der Waals surface area contributed by atoms with Crippen LogP contribution in [0.1, 0.15) is 11.1 Å². The van der Waals surface area contributed by atoms with Gasteiger partial charge in [-0.3, -0.25) is 9.69 Å². The van der Waals surface area contributed by atoms with Crippen LogP contribution in [0, 0.1) is 5.41 Å². The third kappa shape index (κ3) is 4.07. The minimum atomic E-state index is -0.341. The first-order chi connectivity index (χ1) is 15.1. The molecule has 0 spiro atoms. The van der Waals surface area contributed by atoms with Crippen molar-refractivity contribution in [1.82, 2.24) is 15.1 Å². The lowest BCUT2D eigenvalue weighted by Gasteiger charge is -2.46. The summed E-state index contributed by atoms with van der Waals surface area (Å²) in [6.07, 6.45) is 0.743. The van der Waals surface area contributed by atoms with Crippen molar-refractivity contribution >= 4 is 5.91 Å². The predicted octanol–water partition coefficient (Wildman–Crippen LogP) is 1.90. The van der Waals surface area contributed by atoms with Gasteiger partial charge in [0.15, 0.2) is 11.5 Å². The Labute approximate surface area is 182 Å². The second kappa shape index (κ2) is 8.40. The second-order valence-corrected chi connectivity index (χ2v) is 8.67. The van der Waals surface area contributed by atoms with Crippen molar-refractivity contribution in [3.05, 3.63) is 53.6 Å². The maximum absolute atomic E-state index is 13.5. The van der Waals surface area contributed by atoms with E-state index in [0.717, 1.165) is 75.0 Å². The maximum Gasteiger partial charge on any atom is 0.231 e. The van der Waals surface area contributed by atoms with Crippen LogP contribution in [0.25, 0.3) is 0 Å². The number of carbonyl (C=O) groups is 1. The summed E-state index contributed by atoms with van der Waals surface area (Å²) in [5.74, 6) is 2.75. The predicted molar refractivity (Wildman–Crippen MR) is 116 cm³/mol. The summed E-state index contributed by atoms with van der Waals surface area (Å²) in [6, 6.07) is 14.2. The fourth-order valence-electron chi connectivity index (χ4n) is 4.69. The number of ether oxygens (including phenoxy) is 3. The Morgan fingerprint density at radius 2 is 1.84 bits per heavy atom. The summed E-state index contributed by atoms with van der Waals surface area (Å²) in [5.41, 5.74) is 2.02. The molecule has 0 bridgehead atoms. The van der Waals surface area contributed by atoms with Crippen molar-refractivity contribution in [2.45, 2.75) is 13.0 Å². The zero-order chi connectivity index (χ0) is 21.3. The van der Waals surface area contributed by atoms with Gasteiger partial charge in [0.2, 0.25) is 12.7 Å². The highest BCUT2D eigenvalue weighted by molar-refractivity contribution is 5.85. The highest BCUT2D eigenvalue weighted by Gasteiger charge is 2.46. The Balaban J connectivity index is 1.19. The van der Waals surface area contributed by atoms with Gasteiger partial charge in [0, 0.05) is 45.8 Å². The van der Waals surface area contributed by atoms with Crippen LogP contribution in [0.3, 0.4) is 0 Å². The van der Waals surface area contributed by atoms with Gasteiger partial charge in [0.05, 0.1) is 12.5 Å². The number of hydrogen-bond acceptors (Lipinski definition) is 6. The minimum Gasteiger partial charge on any atom is -0.497 e. The molecule has 0 saturated carbocycles. The molecule has 2 saturated heterocycles. The summed E-state index contributed by atoms with van der Waals surface area (Å²) in [6.45, 7) is 5.92. The first kappa shape index (κ1) is 20.2. The molecule has 2 fully saturated rings. The molecule has 0 radical (unpaired) electrons. The first-order valence-corrected chi connectivity index (χ1v) is 10.9. The molecule has 31 heavy (non-hydrogen) atoms. The monoisotopic (exact) mass is 423 g/mol. The fourth-order valence-corrected chi connectivity index (χ4v) is 4.69. The maximum atomic E-state index is 13.5. The number of nitrogens with zero attached hydrogens (tertiary/aromatic N) is 2. The van der Waals surface area contributed by atoms with Crippen molar-refractivity contribution in [2.75, 3.05) is 53.2 Å². The number of amides is 1. The molecule has 2 aromatic rings. The average molecular weight is 424 g/mol. The number of piperazine rings is 1. The summed E-state index contributed by atoms with van der Waals surface area (Å²) in [4.78, 5) is 17.9. The van der Waals surface area contributed by atoms with E-state index in [-0.39, 0.29) is 11.3 Å². The lowest BCUT2D eigenvalue weighted by molar-refractivity contribution is -0.147. The van der Waals surface area contributed by atoms with Crippen LogP contribution >= 0.6 is 0 Å². The average Bonchev–Trinajstić information content (AvgIpc) is 3.24. The Morgan fingerprint density at radius 1 is 1.03 bits per heavy atom. The summed E-state index contributed by atoms with van der Waals surface area (Å²) >= 11 is 0. The number of hydrogen-bond donors (Lipinski definition) is 1. The van der Waals surface area contributed by atoms with Crippen molar-refractivity contribution in [2.24, 2.45) is 5.41 Å². The highest BCUT2D eigenvalue weighted by Crippen LogP contribution is 2.34. The second-order valence-electron chi connectivity index (χ2n) is 8.67. The Kier molecular flexibility index (Phi) is 5.46. The molecule has 7 heteroatoms. The molecule has 0 unspecified atom stereocenters. The van der Waals surface area contributed by atoms with Gasteiger partial charge in [-0.15, -0.1) is 0 Å². The molecule has 7 nitrogen and oxygen atoms in total. The van der Waals surface area contributed by atoms with Crippen molar-refractivity contribution < 1.29 is 19.0 Å². The minimum absolute atomic E-state index is 0.275. The molecular weight excluding hydrogens is 394 g/mol. The molecular formula is C24H29N3O4. The van der Waals surface area contributed by atoms with Crippen LogP contribution in [-0.4, -0.2) is 68.9 Å². The van der Waals surface area contributed by atoms with Gasteiger partial charge in [0.25, 0.3) is 0 Å². The van der Waals surface area contributed by atoms with E-state index in [9.17, 15) is 4.79 Å². The number of methoxy groups -OCH3 is 1. The van der Waals surface area contributed by atoms with E-state index >= 15 is 0 Å². The Bertz CT molecular complexity index is 952. The van der Waals surface area contributed by atoms with Gasteiger partial charge in [-0.1, -0.05) is 18.2 Å². The first-order valence-electron chi connectivity index (χ1n) is 10.9. The van der Waals surface area contributed by atoms with Crippen LogP contribution in [0.5, 0.6) is 17.2 Å². The highest BCUT2D eigenvalue weighted by atomic mass is 16.7. The quantitative estimate of drug-likeness (QED) is 0.766. The van der Waals surface area contributed by atoms with Crippen molar-refractivity contribution in [1.29, 1.82) is 0 Å². The molecule has 0 aromatic heterocycles. The van der Waals surface area contributed by atoms with Crippen LogP contribution < -0.4 is 19.5 Å². The summed E-state index contributed by atoms with van der Waals surface area (Å²) in [5, 5.41) is 3.32.